The van der Waals surface area contributed by atoms with Crippen molar-refractivity contribution < 1.29 is 14.7 Å². The van der Waals surface area contributed by atoms with Gasteiger partial charge in [-0.1, -0.05) is 12.2 Å². The van der Waals surface area contributed by atoms with Crippen LogP contribution in [0.1, 0.15) is 13.8 Å². The molecule has 1 N–H and O–H groups in total. The number of carbonyl (C=O) groups excluding carboxylic acids is 1. The first-order chi connectivity index (χ1) is 6.45. The molecular weight excluding hydrogens is 182 g/mol. The van der Waals surface area contributed by atoms with Crippen LogP contribution >= 0.6 is 0 Å². The minimum absolute atomic E-state index is 0.0347. The fourth-order valence-electron chi connectivity index (χ4n) is 0.434. The summed E-state index contributed by atoms with van der Waals surface area (Å²) in [6, 6.07) is 0. The van der Waals surface area contributed by atoms with Crippen molar-refractivity contribution in [3.8, 4) is 0 Å². The second kappa shape index (κ2) is 9.51. The molecule has 0 saturated heterocycles. The fraction of sp³-hybridized carbons (Fsp3) is 0.400. The van der Waals surface area contributed by atoms with E-state index in [2.05, 4.69) is 0 Å². The van der Waals surface area contributed by atoms with Crippen LogP contribution in [0.5, 0.6) is 0 Å². The summed E-state index contributed by atoms with van der Waals surface area (Å²) >= 11 is 0. The Labute approximate surface area is 84.5 Å². The van der Waals surface area contributed by atoms with E-state index in [0.717, 1.165) is 6.08 Å². The Morgan fingerprint density at radius 1 is 1.07 bits per heavy atom. The Morgan fingerprint density at radius 3 is 1.57 bits per heavy atom. The van der Waals surface area contributed by atoms with Crippen molar-refractivity contribution in [2.75, 3.05) is 14.1 Å². The van der Waals surface area contributed by atoms with Gasteiger partial charge in [0.05, 0.1) is 0 Å². The Bertz CT molecular complexity index is 230. The maximum absolute atomic E-state index is 10.6. The van der Waals surface area contributed by atoms with Gasteiger partial charge in [0.25, 0.3) is 0 Å². The van der Waals surface area contributed by atoms with Gasteiger partial charge in [0.15, 0.2) is 0 Å². The number of likely N-dealkylation sites (N-methyl/N-ethyl adjacent to an activating group) is 1. The quantitative estimate of drug-likeness (QED) is 0.682. The van der Waals surface area contributed by atoms with Gasteiger partial charge in [-0.25, -0.2) is 4.79 Å². The lowest BCUT2D eigenvalue weighted by atomic mass is 10.5. The number of carboxylic acid groups (broad SMARTS) is 1. The highest BCUT2D eigenvalue weighted by atomic mass is 16.4. The molecule has 0 unspecified atom stereocenters. The molecule has 0 aliphatic carbocycles. The summed E-state index contributed by atoms with van der Waals surface area (Å²) in [7, 11) is 3.45. The molecule has 0 saturated carbocycles. The molecule has 0 heterocycles. The number of carbonyl (C=O) groups is 2. The molecule has 4 heteroatoms. The van der Waals surface area contributed by atoms with Crippen LogP contribution in [0, 0.1) is 0 Å². The summed E-state index contributed by atoms with van der Waals surface area (Å²) in [6.45, 7) is 3.48. The molecule has 0 aromatic heterocycles. The second-order valence-corrected chi connectivity index (χ2v) is 2.57. The average Bonchev–Trinajstić information content (AvgIpc) is 2.05. The number of rotatable bonds is 2. The van der Waals surface area contributed by atoms with Gasteiger partial charge in [-0.15, -0.1) is 0 Å². The molecule has 4 nitrogen and oxygen atoms in total. The van der Waals surface area contributed by atoms with Crippen molar-refractivity contribution in [3.05, 3.63) is 24.3 Å². The lowest BCUT2D eigenvalue weighted by Gasteiger charge is -2.03. The number of allylic oxidation sites excluding steroid dienone is 2. The van der Waals surface area contributed by atoms with Gasteiger partial charge >= 0.3 is 5.97 Å². The molecule has 0 aliphatic heterocycles. The van der Waals surface area contributed by atoms with E-state index < -0.39 is 5.97 Å². The standard InChI is InChI=1S/C6H11NO.C4H6O2/c1-4-5-6(8)7(2)3;1-2-3-4(5)6/h4-5H,1-3H3;2-3H,1H3,(H,5,6)/b5-4+;3-2+. The summed E-state index contributed by atoms with van der Waals surface area (Å²) in [5.41, 5.74) is 0. The largest absolute Gasteiger partial charge is 0.478 e. The average molecular weight is 199 g/mol. The lowest BCUT2D eigenvalue weighted by molar-refractivity contribution is -0.131. The van der Waals surface area contributed by atoms with Crippen LogP contribution in [0.25, 0.3) is 0 Å². The zero-order chi connectivity index (χ0) is 11.6. The zero-order valence-corrected chi connectivity index (χ0v) is 9.02. The third-order valence-electron chi connectivity index (χ3n) is 1.06. The van der Waals surface area contributed by atoms with Crippen molar-refractivity contribution in [1.82, 2.24) is 4.90 Å². The first kappa shape index (κ1) is 14.9. The fourth-order valence-corrected chi connectivity index (χ4v) is 0.434. The van der Waals surface area contributed by atoms with Crippen molar-refractivity contribution >= 4 is 11.9 Å². The first-order valence-electron chi connectivity index (χ1n) is 4.15. The molecule has 0 aromatic carbocycles. The van der Waals surface area contributed by atoms with Crippen LogP contribution in [0.4, 0.5) is 0 Å². The molecule has 14 heavy (non-hydrogen) atoms. The van der Waals surface area contributed by atoms with Crippen molar-refractivity contribution in [1.29, 1.82) is 0 Å². The van der Waals surface area contributed by atoms with Gasteiger partial charge in [0.2, 0.25) is 5.91 Å². The van der Waals surface area contributed by atoms with Crippen LogP contribution in [0.15, 0.2) is 24.3 Å². The molecule has 0 aromatic rings. The van der Waals surface area contributed by atoms with Gasteiger partial charge in [-0.2, -0.15) is 0 Å². The van der Waals surface area contributed by atoms with Gasteiger partial charge in [0.1, 0.15) is 0 Å². The predicted molar refractivity (Wildman–Crippen MR) is 56.0 cm³/mol. The Morgan fingerprint density at radius 2 is 1.50 bits per heavy atom. The summed E-state index contributed by atoms with van der Waals surface area (Å²) in [5, 5.41) is 7.83. The molecule has 0 atom stereocenters. The summed E-state index contributed by atoms with van der Waals surface area (Å²) < 4.78 is 0. The van der Waals surface area contributed by atoms with Gasteiger partial charge in [-0.05, 0) is 19.9 Å². The zero-order valence-electron chi connectivity index (χ0n) is 9.02. The highest BCUT2D eigenvalue weighted by Crippen LogP contribution is 1.78. The van der Waals surface area contributed by atoms with Crippen molar-refractivity contribution in [2.45, 2.75) is 13.8 Å². The van der Waals surface area contributed by atoms with Crippen LogP contribution in [0.3, 0.4) is 0 Å². The Kier molecular flexibility index (Phi) is 10.1. The van der Waals surface area contributed by atoms with Crippen LogP contribution in [0.2, 0.25) is 0 Å². The summed E-state index contributed by atoms with van der Waals surface area (Å²) in [5.74, 6) is -0.856. The number of hydrogen-bond donors (Lipinski definition) is 1. The highest BCUT2D eigenvalue weighted by molar-refractivity contribution is 5.86. The van der Waals surface area contributed by atoms with E-state index in [-0.39, 0.29) is 5.91 Å². The minimum Gasteiger partial charge on any atom is -0.478 e. The molecular formula is C10H17NO3. The van der Waals surface area contributed by atoms with Crippen LogP contribution in [-0.4, -0.2) is 36.0 Å². The van der Waals surface area contributed by atoms with E-state index in [1.807, 2.05) is 6.92 Å². The van der Waals surface area contributed by atoms with Crippen molar-refractivity contribution in [2.24, 2.45) is 0 Å². The number of carboxylic acids is 1. The smallest absolute Gasteiger partial charge is 0.327 e. The molecule has 0 rings (SSSR count). The highest BCUT2D eigenvalue weighted by Gasteiger charge is 1.93. The Hall–Kier alpha value is -1.58. The van der Waals surface area contributed by atoms with Crippen LogP contribution in [-0.2, 0) is 9.59 Å². The molecule has 0 bridgehead atoms. The number of aliphatic carboxylic acids is 1. The van der Waals surface area contributed by atoms with E-state index in [0.29, 0.717) is 0 Å². The van der Waals surface area contributed by atoms with E-state index in [1.54, 1.807) is 27.1 Å². The molecule has 80 valence electrons. The summed E-state index contributed by atoms with van der Waals surface area (Å²) in [4.78, 5) is 21.6. The third-order valence-corrected chi connectivity index (χ3v) is 1.06. The number of hydrogen-bond acceptors (Lipinski definition) is 2. The lowest BCUT2D eigenvalue weighted by Crippen LogP contribution is -2.18. The van der Waals surface area contributed by atoms with Gasteiger partial charge in [0, 0.05) is 20.2 Å². The first-order valence-corrected chi connectivity index (χ1v) is 4.15. The minimum atomic E-state index is -0.891. The monoisotopic (exact) mass is 199 g/mol. The normalized spacial score (nSPS) is 9.71. The number of amides is 1. The van der Waals surface area contributed by atoms with Gasteiger partial charge in [-0.3, -0.25) is 4.79 Å². The molecule has 0 spiro atoms. The van der Waals surface area contributed by atoms with Crippen molar-refractivity contribution in [3.63, 3.8) is 0 Å². The SMILES string of the molecule is C/C=C/C(=O)N(C)C.C/C=C/C(=O)O. The van der Waals surface area contributed by atoms with E-state index in [4.69, 9.17) is 5.11 Å². The molecule has 0 fully saturated rings. The van der Waals surface area contributed by atoms with Gasteiger partial charge < -0.3 is 10.0 Å². The molecule has 0 aliphatic rings. The maximum atomic E-state index is 10.6. The van der Waals surface area contributed by atoms with Crippen LogP contribution < -0.4 is 0 Å². The van der Waals surface area contributed by atoms with E-state index in [1.165, 1.54) is 17.1 Å². The maximum Gasteiger partial charge on any atom is 0.327 e. The second-order valence-electron chi connectivity index (χ2n) is 2.57. The molecule has 0 radical (unpaired) electrons. The third kappa shape index (κ3) is 13.0. The Balaban J connectivity index is 0. The van der Waals surface area contributed by atoms with E-state index in [9.17, 15) is 9.59 Å². The molecule has 1 amide bonds. The number of nitrogens with zero attached hydrogens (tertiary/aromatic N) is 1. The van der Waals surface area contributed by atoms with E-state index >= 15 is 0 Å². The topological polar surface area (TPSA) is 57.6 Å². The predicted octanol–water partition coefficient (Wildman–Crippen LogP) is 1.30. The summed E-state index contributed by atoms with van der Waals surface area (Å²) in [6.07, 6.45) is 5.81.